The lowest BCUT2D eigenvalue weighted by Gasteiger charge is -2.04. The van der Waals surface area contributed by atoms with Crippen LogP contribution in [-0.2, 0) is 14.8 Å². The van der Waals surface area contributed by atoms with Crippen molar-refractivity contribution in [2.45, 2.75) is 11.8 Å². The molecule has 3 aromatic heterocycles. The molecule has 5 aromatic rings. The Kier molecular flexibility index (Phi) is 4.56. The van der Waals surface area contributed by atoms with Crippen molar-refractivity contribution in [3.05, 3.63) is 58.4 Å². The Bertz CT molecular complexity index is 1640. The average Bonchev–Trinajstić information content (AvgIpc) is 3.40. The molecule has 3 heterocycles. The summed E-state index contributed by atoms with van der Waals surface area (Å²) in [7, 11) is -4.02. The van der Waals surface area contributed by atoms with E-state index in [4.69, 9.17) is 4.42 Å². The van der Waals surface area contributed by atoms with Crippen LogP contribution >= 0.6 is 11.3 Å². The third-order valence-corrected chi connectivity index (χ3v) is 6.65. The smallest absolute Gasteiger partial charge is 0.408 e. The number of nitrogens with one attached hydrogen (secondary N) is 3. The van der Waals surface area contributed by atoms with Gasteiger partial charge in [-0.15, -0.1) is 16.4 Å². The first-order chi connectivity index (χ1) is 15.3. The summed E-state index contributed by atoms with van der Waals surface area (Å²) in [4.78, 5) is 29.6. The highest BCUT2D eigenvalue weighted by Gasteiger charge is 2.20. The van der Waals surface area contributed by atoms with Crippen molar-refractivity contribution in [2.24, 2.45) is 0 Å². The molecule has 0 saturated heterocycles. The minimum absolute atomic E-state index is 0.0939. The van der Waals surface area contributed by atoms with Crippen LogP contribution in [0.3, 0.4) is 0 Å². The lowest BCUT2D eigenvalue weighted by molar-refractivity contribution is -0.114. The molecule has 13 heteroatoms. The van der Waals surface area contributed by atoms with Gasteiger partial charge in [-0.3, -0.25) is 9.78 Å². The van der Waals surface area contributed by atoms with Gasteiger partial charge >= 0.3 is 5.76 Å². The number of nitrogens with zero attached hydrogens (tertiary/aromatic N) is 3. The molecule has 0 unspecified atom stereocenters. The van der Waals surface area contributed by atoms with Crippen molar-refractivity contribution in [1.82, 2.24) is 19.6 Å². The Labute approximate surface area is 183 Å². The Balaban J connectivity index is 1.44. The van der Waals surface area contributed by atoms with Gasteiger partial charge in [0.25, 0.3) is 16.0 Å². The minimum Gasteiger partial charge on any atom is -0.408 e. The Morgan fingerprint density at radius 2 is 1.97 bits per heavy atom. The summed E-state index contributed by atoms with van der Waals surface area (Å²) in [5.74, 6) is -0.929. The first-order valence-corrected chi connectivity index (χ1v) is 11.5. The lowest BCUT2D eigenvalue weighted by Crippen LogP contribution is -2.14. The maximum absolute atomic E-state index is 12.8. The van der Waals surface area contributed by atoms with E-state index in [0.29, 0.717) is 21.9 Å². The number of sulfonamides is 1. The molecule has 32 heavy (non-hydrogen) atoms. The van der Waals surface area contributed by atoms with E-state index in [-0.39, 0.29) is 22.3 Å². The molecular formula is C19H14N6O5S2. The number of H-pyrrole nitrogens is 1. The van der Waals surface area contributed by atoms with Gasteiger partial charge in [-0.1, -0.05) is 12.1 Å². The van der Waals surface area contributed by atoms with Crippen LogP contribution in [0.15, 0.2) is 62.0 Å². The van der Waals surface area contributed by atoms with Crippen molar-refractivity contribution in [3.63, 3.8) is 0 Å². The van der Waals surface area contributed by atoms with Gasteiger partial charge in [0.1, 0.15) is 0 Å². The van der Waals surface area contributed by atoms with Crippen LogP contribution in [-0.4, -0.2) is 33.9 Å². The molecule has 162 valence electrons. The van der Waals surface area contributed by atoms with Gasteiger partial charge in [0.15, 0.2) is 5.58 Å². The normalized spacial score (nSPS) is 11.8. The van der Waals surface area contributed by atoms with E-state index >= 15 is 0 Å². The molecule has 0 bridgehead atoms. The fourth-order valence-corrected chi connectivity index (χ4v) is 4.91. The quantitative estimate of drug-likeness (QED) is 0.357. The van der Waals surface area contributed by atoms with Crippen molar-refractivity contribution < 1.29 is 17.6 Å². The fourth-order valence-electron chi connectivity index (χ4n) is 3.12. The van der Waals surface area contributed by atoms with Crippen LogP contribution < -0.4 is 15.8 Å². The molecule has 0 spiro atoms. The standard InChI is InChI=1S/C19H14N6O5S2/c1-10(26)20-12-4-2-11(3-5-12)15-9-31-18-22-17(23-25(15)18)24-32(28,29)13-6-7-14-16(8-13)30-19(27)21-14/h2-9H,1H3,(H,20,26)(H,21,27)(H,23,24). The van der Waals surface area contributed by atoms with E-state index in [9.17, 15) is 18.0 Å². The average molecular weight is 470 g/mol. The summed E-state index contributed by atoms with van der Waals surface area (Å²) in [5.41, 5.74) is 2.71. The number of aromatic nitrogens is 4. The number of benzene rings is 2. The Hall–Kier alpha value is -3.97. The van der Waals surface area contributed by atoms with Gasteiger partial charge in [-0.2, -0.15) is 4.98 Å². The topological polar surface area (TPSA) is 151 Å². The number of amides is 1. The van der Waals surface area contributed by atoms with Gasteiger partial charge in [-0.25, -0.2) is 22.4 Å². The monoisotopic (exact) mass is 470 g/mol. The molecular weight excluding hydrogens is 456 g/mol. The van der Waals surface area contributed by atoms with Crippen molar-refractivity contribution in [3.8, 4) is 11.3 Å². The molecule has 0 fully saturated rings. The highest BCUT2D eigenvalue weighted by molar-refractivity contribution is 7.92. The van der Waals surface area contributed by atoms with Crippen LogP contribution in [0, 0.1) is 0 Å². The zero-order valence-electron chi connectivity index (χ0n) is 16.3. The van der Waals surface area contributed by atoms with E-state index < -0.39 is 15.8 Å². The number of aromatic amines is 1. The number of thiazole rings is 1. The summed E-state index contributed by atoms with van der Waals surface area (Å²) in [6.07, 6.45) is 0. The first-order valence-electron chi connectivity index (χ1n) is 9.16. The van der Waals surface area contributed by atoms with Crippen LogP contribution in [0.5, 0.6) is 0 Å². The lowest BCUT2D eigenvalue weighted by atomic mass is 10.1. The molecule has 0 radical (unpaired) electrons. The van der Waals surface area contributed by atoms with Crippen molar-refractivity contribution >= 4 is 55.0 Å². The Morgan fingerprint density at radius 3 is 2.72 bits per heavy atom. The predicted molar refractivity (Wildman–Crippen MR) is 118 cm³/mol. The second kappa shape index (κ2) is 7.32. The van der Waals surface area contributed by atoms with Crippen LogP contribution in [0.4, 0.5) is 11.6 Å². The second-order valence-electron chi connectivity index (χ2n) is 6.79. The maximum Gasteiger partial charge on any atom is 0.417 e. The first kappa shape index (κ1) is 20.0. The van der Waals surface area contributed by atoms with Gasteiger partial charge in [-0.05, 0) is 24.3 Å². The number of fused-ring (bicyclic) bond motifs is 2. The van der Waals surface area contributed by atoms with Crippen molar-refractivity contribution in [1.29, 1.82) is 0 Å². The SMILES string of the molecule is CC(=O)Nc1ccc(-c2csc3nc(NS(=O)(=O)c4ccc5[nH]c(=O)oc5c4)nn23)cc1. The molecule has 0 atom stereocenters. The molecule has 2 aromatic carbocycles. The number of carbonyl (C=O) groups excluding carboxylic acids is 1. The van der Waals surface area contributed by atoms with E-state index in [1.54, 1.807) is 12.1 Å². The predicted octanol–water partition coefficient (Wildman–Crippen LogP) is 2.65. The molecule has 5 rings (SSSR count). The van der Waals surface area contributed by atoms with Gasteiger partial charge in [0.2, 0.25) is 10.9 Å². The largest absolute Gasteiger partial charge is 0.417 e. The van der Waals surface area contributed by atoms with E-state index in [1.807, 2.05) is 17.5 Å². The van der Waals surface area contributed by atoms with E-state index in [2.05, 4.69) is 25.1 Å². The molecule has 0 aliphatic rings. The fraction of sp³-hybridized carbons (Fsp3) is 0.0526. The van der Waals surface area contributed by atoms with Gasteiger partial charge in [0.05, 0.1) is 16.1 Å². The number of carbonyl (C=O) groups is 1. The molecule has 1 amide bonds. The highest BCUT2D eigenvalue weighted by Crippen LogP contribution is 2.27. The summed E-state index contributed by atoms with van der Waals surface area (Å²) >= 11 is 1.30. The minimum atomic E-state index is -4.02. The highest BCUT2D eigenvalue weighted by atomic mass is 32.2. The van der Waals surface area contributed by atoms with Crippen LogP contribution in [0.1, 0.15) is 6.92 Å². The third-order valence-electron chi connectivity index (χ3n) is 4.51. The van der Waals surface area contributed by atoms with Crippen LogP contribution in [0.25, 0.3) is 27.3 Å². The summed E-state index contributed by atoms with van der Waals surface area (Å²) < 4.78 is 34.3. The molecule has 11 nitrogen and oxygen atoms in total. The maximum atomic E-state index is 12.8. The molecule has 0 aliphatic heterocycles. The van der Waals surface area contributed by atoms with E-state index in [0.717, 1.165) is 5.56 Å². The zero-order chi connectivity index (χ0) is 22.5. The number of hydrogen-bond acceptors (Lipinski definition) is 8. The number of hydrogen-bond donors (Lipinski definition) is 3. The molecule has 0 aliphatic carbocycles. The second-order valence-corrected chi connectivity index (χ2v) is 9.31. The Morgan fingerprint density at radius 1 is 1.19 bits per heavy atom. The third kappa shape index (κ3) is 3.63. The number of anilines is 2. The zero-order valence-corrected chi connectivity index (χ0v) is 18.0. The summed E-state index contributed by atoms with van der Waals surface area (Å²) in [5, 5.41) is 8.82. The van der Waals surface area contributed by atoms with Crippen molar-refractivity contribution in [2.75, 3.05) is 10.0 Å². The van der Waals surface area contributed by atoms with Gasteiger partial charge < -0.3 is 9.73 Å². The number of rotatable bonds is 5. The number of oxazole rings is 1. The van der Waals surface area contributed by atoms with E-state index in [1.165, 1.54) is 41.0 Å². The molecule has 0 saturated carbocycles. The molecule has 3 N–H and O–H groups in total. The van der Waals surface area contributed by atoms with Gasteiger partial charge in [0, 0.05) is 29.6 Å². The summed E-state index contributed by atoms with van der Waals surface area (Å²) in [6, 6.07) is 11.2. The summed E-state index contributed by atoms with van der Waals surface area (Å²) in [6.45, 7) is 1.43. The van der Waals surface area contributed by atoms with Crippen LogP contribution in [0.2, 0.25) is 0 Å².